The molecule has 344 valence electrons. The first-order valence-corrected chi connectivity index (χ1v) is 25.1. The van der Waals surface area contributed by atoms with Crippen LogP contribution in [0.5, 0.6) is 5.75 Å². The van der Waals surface area contributed by atoms with Crippen LogP contribution in [0.25, 0.3) is 11.2 Å². The van der Waals surface area contributed by atoms with Crippen molar-refractivity contribution < 1.29 is 64.6 Å². The zero-order chi connectivity index (χ0) is 44.7. The fourth-order valence-electron chi connectivity index (χ4n) is 7.23. The summed E-state index contributed by atoms with van der Waals surface area (Å²) >= 11 is 0.609. The van der Waals surface area contributed by atoms with Gasteiger partial charge in [0.25, 0.3) is 5.56 Å². The van der Waals surface area contributed by atoms with Gasteiger partial charge in [0.1, 0.15) is 42.0 Å². The maximum atomic E-state index is 16.4. The number of alkyl halides is 2. The van der Waals surface area contributed by atoms with Gasteiger partial charge in [-0.1, -0.05) is 64.0 Å². The van der Waals surface area contributed by atoms with Gasteiger partial charge in [0.15, 0.2) is 30.4 Å². The van der Waals surface area contributed by atoms with Gasteiger partial charge >= 0.3 is 26.5 Å². The number of hydrogen-bond donors (Lipinski definition) is 2. The first-order valence-electron chi connectivity index (χ1n) is 20.5. The van der Waals surface area contributed by atoms with Crippen LogP contribution in [0.1, 0.15) is 82.0 Å². The third-order valence-corrected chi connectivity index (χ3v) is 15.2. The summed E-state index contributed by atoms with van der Waals surface area (Å²) in [5.41, 5.74) is -0.292. The number of carbonyl (C=O) groups is 1. The van der Waals surface area contributed by atoms with Gasteiger partial charge in [0.05, 0.1) is 31.8 Å². The first-order chi connectivity index (χ1) is 30.2. The van der Waals surface area contributed by atoms with Crippen molar-refractivity contribution >= 4 is 43.3 Å². The number of hydrogen-bond acceptors (Lipinski definition) is 17. The molecule has 0 saturated carbocycles. The number of aryl methyl sites for hydroxylation is 1. The highest BCUT2D eigenvalue weighted by Gasteiger charge is 2.55. The van der Waals surface area contributed by atoms with Gasteiger partial charge < -0.3 is 23.8 Å². The highest BCUT2D eigenvalue weighted by Crippen LogP contribution is 2.65. The normalized spacial score (nSPS) is 30.0. The second-order valence-corrected chi connectivity index (χ2v) is 20.5. The summed E-state index contributed by atoms with van der Waals surface area (Å²) in [4.78, 5) is 62.0. The number of imidazole rings is 1. The summed E-state index contributed by atoms with van der Waals surface area (Å²) in [5.74, 6) is 0.0820. The lowest BCUT2D eigenvalue weighted by Gasteiger charge is -2.29. The summed E-state index contributed by atoms with van der Waals surface area (Å²) in [6, 6.07) is 7.07. The van der Waals surface area contributed by atoms with Crippen LogP contribution in [0.3, 0.4) is 0 Å². The van der Waals surface area contributed by atoms with Crippen LogP contribution < -0.4 is 16.0 Å². The molecule has 3 fully saturated rings. The Bertz CT molecular complexity index is 2410. The fraction of sp³-hybridized carbons (Fsp3) is 0.579. The van der Waals surface area contributed by atoms with Gasteiger partial charge in [-0.15, -0.1) is 0 Å². The molecule has 0 aliphatic carbocycles. The molecule has 3 saturated heterocycles. The summed E-state index contributed by atoms with van der Waals surface area (Å²) in [5, 5.41) is 0. The minimum atomic E-state index is -5.21. The molecule has 3 aromatic heterocycles. The predicted octanol–water partition coefficient (Wildman–Crippen LogP) is 6.77. The number of phosphoric ester groups is 1. The van der Waals surface area contributed by atoms with E-state index in [1.54, 1.807) is 19.1 Å². The maximum absolute atomic E-state index is 16.4. The Morgan fingerprint density at radius 3 is 2.24 bits per heavy atom. The van der Waals surface area contributed by atoms with Crippen molar-refractivity contribution in [2.75, 3.05) is 19.8 Å². The van der Waals surface area contributed by atoms with Crippen molar-refractivity contribution in [1.82, 2.24) is 29.1 Å². The van der Waals surface area contributed by atoms with Gasteiger partial charge in [-0.2, -0.15) is 0 Å². The zero-order valence-corrected chi connectivity index (χ0v) is 36.9. The van der Waals surface area contributed by atoms with Crippen molar-refractivity contribution in [2.24, 2.45) is 0 Å². The molecule has 7 rings (SSSR count). The second kappa shape index (κ2) is 21.0. The van der Waals surface area contributed by atoms with Crippen LogP contribution in [0.2, 0.25) is 0 Å². The molecule has 0 radical (unpaired) electrons. The molecule has 10 atom stereocenters. The van der Waals surface area contributed by atoms with Gasteiger partial charge in [0.2, 0.25) is 0 Å². The van der Waals surface area contributed by atoms with Crippen molar-refractivity contribution in [1.29, 1.82) is 0 Å². The topological polar surface area (TPSA) is 244 Å². The molecule has 2 unspecified atom stereocenters. The van der Waals surface area contributed by atoms with E-state index < -0.39 is 94.5 Å². The average Bonchev–Trinajstić information content (AvgIpc) is 3.91. The lowest BCUT2D eigenvalue weighted by atomic mass is 10.1. The number of carbonyl (C=O) groups excluding carboxylic acids is 1. The number of ether oxygens (including phenoxy) is 4. The SMILES string of the molecule is CCCCCCCCCCOC(=O)Oc1ccc(CSP2(=O)OC[C@H]3O[C@@H](n4cnc5c(C)ncnc54)[C@H](F)[C@@H]3OP(=O)(O)OC[C@H]3O[C@@H](n4ccc(=O)[nH]c4=O)[C@H](F)[C@@H]3O2)cc1. The average molecular weight is 945 g/mol. The monoisotopic (exact) mass is 944 g/mol. The number of nitrogens with zero attached hydrogens (tertiary/aromatic N) is 5. The Kier molecular flexibility index (Phi) is 15.7. The standard InChI is InChI=1S/C38H48F2N6O14P2S/c1-3-4-5-6-7-8-9-10-17-53-38(49)56-25-13-11-24(12-14-25)20-63-62(52)55-19-27-32(29(39)36(58-27)46-22-43-31-23(2)41-21-42-34(31)46)59-61(50,51)54-18-26-33(60-62)30(40)35(57-26)45-16-15-28(47)44-37(45)48/h11-16,21-22,26-27,29-30,32-33,35-36H,3-10,17-20H2,1-2H3,(H,50,51)(H,44,47,48)/t26-,27-,29-,30-,32-,33-,35-,36-,62?/m1/s1. The molecule has 1 aromatic carbocycles. The predicted molar refractivity (Wildman–Crippen MR) is 220 cm³/mol. The molecule has 0 spiro atoms. The molecule has 25 heteroatoms. The van der Waals surface area contributed by atoms with Crippen LogP contribution in [-0.2, 0) is 47.2 Å². The van der Waals surface area contributed by atoms with Crippen LogP contribution >= 0.6 is 26.0 Å². The first kappa shape index (κ1) is 47.1. The minimum absolute atomic E-state index is 0.0965. The van der Waals surface area contributed by atoms with Gasteiger partial charge in [-0.05, 0) is 42.4 Å². The van der Waals surface area contributed by atoms with Crippen molar-refractivity contribution in [3.8, 4) is 5.75 Å². The van der Waals surface area contributed by atoms with Crippen LogP contribution in [0.4, 0.5) is 13.6 Å². The second-order valence-electron chi connectivity index (χ2n) is 15.1. The number of rotatable bonds is 15. The van der Waals surface area contributed by atoms with E-state index in [0.29, 0.717) is 39.1 Å². The van der Waals surface area contributed by atoms with Gasteiger partial charge in [0, 0.05) is 18.0 Å². The van der Waals surface area contributed by atoms with Crippen LogP contribution in [0, 0.1) is 6.92 Å². The number of nitrogens with one attached hydrogen (secondary N) is 1. The number of fused-ring (bicyclic) bond motifs is 3. The summed E-state index contributed by atoms with van der Waals surface area (Å²) < 4.78 is 107. The molecular weight excluding hydrogens is 896 g/mol. The Morgan fingerprint density at radius 2 is 1.54 bits per heavy atom. The number of H-pyrrole nitrogens is 1. The number of benzene rings is 1. The van der Waals surface area contributed by atoms with E-state index >= 15 is 8.78 Å². The largest absolute Gasteiger partial charge is 0.513 e. The van der Waals surface area contributed by atoms with E-state index in [9.17, 15) is 28.4 Å². The molecule has 2 N–H and O–H groups in total. The molecule has 6 heterocycles. The molecule has 3 aliphatic rings. The Morgan fingerprint density at radius 1 is 0.889 bits per heavy atom. The fourth-order valence-corrected chi connectivity index (χ4v) is 11.6. The summed E-state index contributed by atoms with van der Waals surface area (Å²) in [7, 11) is -5.21. The maximum Gasteiger partial charge on any atom is 0.513 e. The molecule has 63 heavy (non-hydrogen) atoms. The smallest absolute Gasteiger partial charge is 0.434 e. The minimum Gasteiger partial charge on any atom is -0.434 e. The van der Waals surface area contributed by atoms with Crippen molar-refractivity contribution in [3.05, 3.63) is 81.3 Å². The highest BCUT2D eigenvalue weighted by atomic mass is 32.7. The van der Waals surface area contributed by atoms with E-state index in [1.165, 1.54) is 55.0 Å². The number of unbranched alkanes of at least 4 members (excludes halogenated alkanes) is 7. The van der Waals surface area contributed by atoms with E-state index in [2.05, 4.69) is 21.9 Å². The molecule has 0 amide bonds. The summed E-state index contributed by atoms with van der Waals surface area (Å²) in [6.45, 7) is -2.26. The molecule has 3 aliphatic heterocycles. The van der Waals surface area contributed by atoms with Crippen molar-refractivity contribution in [3.63, 3.8) is 0 Å². The number of aromatic nitrogens is 6. The Hall–Kier alpha value is -3.89. The third kappa shape index (κ3) is 11.7. The third-order valence-electron chi connectivity index (χ3n) is 10.5. The van der Waals surface area contributed by atoms with Gasteiger partial charge in [-0.25, -0.2) is 42.5 Å². The zero-order valence-electron chi connectivity index (χ0n) is 34.3. The van der Waals surface area contributed by atoms with E-state index in [0.717, 1.165) is 31.5 Å². The molecule has 20 nitrogen and oxygen atoms in total. The molecule has 0 bridgehead atoms. The number of halogens is 2. The Balaban J connectivity index is 1.07. The highest BCUT2D eigenvalue weighted by molar-refractivity contribution is 8.54. The van der Waals surface area contributed by atoms with E-state index in [-0.39, 0.29) is 23.8 Å². The van der Waals surface area contributed by atoms with E-state index in [4.69, 9.17) is 37.0 Å². The van der Waals surface area contributed by atoms with E-state index in [1.807, 2.05) is 4.98 Å². The number of phosphoric acid groups is 1. The number of aromatic amines is 1. The summed E-state index contributed by atoms with van der Waals surface area (Å²) in [6.07, 6.45) is -3.45. The van der Waals surface area contributed by atoms with Crippen LogP contribution in [-0.4, -0.2) is 96.7 Å². The molecule has 4 aromatic rings. The van der Waals surface area contributed by atoms with Crippen LogP contribution in [0.15, 0.2) is 58.8 Å². The lowest BCUT2D eigenvalue weighted by molar-refractivity contribution is -0.0619. The Labute approximate surface area is 363 Å². The lowest BCUT2D eigenvalue weighted by Crippen LogP contribution is -2.38. The molecular formula is C38H48F2N6O14P2S. The quantitative estimate of drug-likeness (QED) is 0.0540. The van der Waals surface area contributed by atoms with Gasteiger partial charge in [-0.3, -0.25) is 37.0 Å². The van der Waals surface area contributed by atoms with Crippen molar-refractivity contribution in [2.45, 2.75) is 120 Å².